The minimum absolute atomic E-state index is 0.275. The highest BCUT2D eigenvalue weighted by atomic mass is 19.3. The number of nitrogens with two attached hydrogens (primary N) is 1. The van der Waals surface area contributed by atoms with Gasteiger partial charge in [-0.1, -0.05) is 18.2 Å². The molecule has 18 heavy (non-hydrogen) atoms. The van der Waals surface area contributed by atoms with Crippen molar-refractivity contribution in [2.45, 2.75) is 19.3 Å². The second-order valence-electron chi connectivity index (χ2n) is 4.53. The molecule has 0 fully saturated rings. The Morgan fingerprint density at radius 3 is 2.61 bits per heavy atom. The zero-order valence-electron chi connectivity index (χ0n) is 10.3. The van der Waals surface area contributed by atoms with Crippen molar-refractivity contribution in [3.05, 3.63) is 35.9 Å². The fourth-order valence-electron chi connectivity index (χ4n) is 1.82. The van der Waals surface area contributed by atoms with Crippen LogP contribution < -0.4 is 5.73 Å². The molecule has 0 aliphatic rings. The van der Waals surface area contributed by atoms with Gasteiger partial charge in [0.25, 0.3) is 0 Å². The fourth-order valence-corrected chi connectivity index (χ4v) is 1.82. The third-order valence-electron chi connectivity index (χ3n) is 2.65. The zero-order chi connectivity index (χ0) is 13.3. The van der Waals surface area contributed by atoms with E-state index in [2.05, 4.69) is 5.10 Å². The molecule has 0 aliphatic carbocycles. The minimum atomic E-state index is -2.71. The Balaban J connectivity index is 2.32. The number of halogens is 2. The lowest BCUT2D eigenvalue weighted by Gasteiger charge is -2.10. The molecule has 96 valence electrons. The van der Waals surface area contributed by atoms with Crippen LogP contribution in [0.5, 0.6) is 0 Å². The highest BCUT2D eigenvalue weighted by Gasteiger charge is 2.21. The summed E-state index contributed by atoms with van der Waals surface area (Å²) in [7, 11) is 1.74. The van der Waals surface area contributed by atoms with Gasteiger partial charge in [0.15, 0.2) is 0 Å². The molecule has 3 nitrogen and oxygen atoms in total. The smallest absolute Gasteiger partial charge is 0.249 e. The van der Waals surface area contributed by atoms with Crippen molar-refractivity contribution in [3.8, 4) is 11.3 Å². The van der Waals surface area contributed by atoms with Crippen molar-refractivity contribution in [1.29, 1.82) is 0 Å². The molecule has 2 aromatic rings. The molecule has 0 unspecified atom stereocenters. The molecular formula is C13H15F2N3. The summed E-state index contributed by atoms with van der Waals surface area (Å²) in [5.74, 6) is -2.17. The Bertz CT molecular complexity index is 536. The Hall–Kier alpha value is -1.91. The van der Waals surface area contributed by atoms with E-state index in [9.17, 15) is 8.78 Å². The van der Waals surface area contributed by atoms with Crippen LogP contribution in [0.4, 0.5) is 14.6 Å². The number of alkyl halides is 2. The van der Waals surface area contributed by atoms with Gasteiger partial charge in [-0.3, -0.25) is 4.68 Å². The summed E-state index contributed by atoms with van der Waals surface area (Å²) in [6.07, 6.45) is -0.275. The van der Waals surface area contributed by atoms with Crippen LogP contribution in [0.3, 0.4) is 0 Å². The Kier molecular flexibility index (Phi) is 3.07. The average molecular weight is 251 g/mol. The van der Waals surface area contributed by atoms with Crippen LogP contribution in [-0.4, -0.2) is 15.7 Å². The zero-order valence-corrected chi connectivity index (χ0v) is 10.3. The highest BCUT2D eigenvalue weighted by molar-refractivity contribution is 5.63. The van der Waals surface area contributed by atoms with Gasteiger partial charge in [-0.25, -0.2) is 8.78 Å². The predicted molar refractivity (Wildman–Crippen MR) is 67.4 cm³/mol. The van der Waals surface area contributed by atoms with E-state index in [0.717, 1.165) is 12.5 Å². The van der Waals surface area contributed by atoms with E-state index in [-0.39, 0.29) is 6.42 Å². The summed E-state index contributed by atoms with van der Waals surface area (Å²) >= 11 is 0. The van der Waals surface area contributed by atoms with E-state index in [1.165, 1.54) is 0 Å². The quantitative estimate of drug-likeness (QED) is 0.911. The van der Waals surface area contributed by atoms with E-state index in [1.807, 2.05) is 6.07 Å². The number of aromatic nitrogens is 2. The fraction of sp³-hybridized carbons (Fsp3) is 0.308. The van der Waals surface area contributed by atoms with Crippen molar-refractivity contribution in [3.63, 3.8) is 0 Å². The molecule has 0 atom stereocenters. The normalized spacial score (nSPS) is 11.8. The molecule has 0 bridgehead atoms. The van der Waals surface area contributed by atoms with Gasteiger partial charge < -0.3 is 5.73 Å². The summed E-state index contributed by atoms with van der Waals surface area (Å²) in [4.78, 5) is 0. The maximum Gasteiger partial charge on any atom is 0.249 e. The van der Waals surface area contributed by atoms with Gasteiger partial charge in [-0.05, 0) is 18.6 Å². The molecule has 5 heteroatoms. The Morgan fingerprint density at radius 1 is 1.33 bits per heavy atom. The summed E-state index contributed by atoms with van der Waals surface area (Å²) in [5.41, 5.74) is 7.77. The Morgan fingerprint density at radius 2 is 2.06 bits per heavy atom. The average Bonchev–Trinajstić information content (AvgIpc) is 2.57. The maximum atomic E-state index is 13.0. The van der Waals surface area contributed by atoms with Crippen molar-refractivity contribution >= 4 is 5.82 Å². The summed E-state index contributed by atoms with van der Waals surface area (Å²) in [6.45, 7) is 0.915. The van der Waals surface area contributed by atoms with Crippen LogP contribution in [0.2, 0.25) is 0 Å². The number of anilines is 1. The molecule has 0 saturated carbocycles. The molecule has 2 rings (SSSR count). The number of hydrogen-bond acceptors (Lipinski definition) is 2. The lowest BCUT2D eigenvalue weighted by atomic mass is 10.0. The van der Waals surface area contributed by atoms with Gasteiger partial charge in [0.2, 0.25) is 5.92 Å². The van der Waals surface area contributed by atoms with Crippen molar-refractivity contribution < 1.29 is 8.78 Å². The van der Waals surface area contributed by atoms with Gasteiger partial charge in [0.05, 0.1) is 5.69 Å². The van der Waals surface area contributed by atoms with Crippen molar-refractivity contribution in [2.75, 3.05) is 5.73 Å². The number of rotatable bonds is 3. The van der Waals surface area contributed by atoms with Gasteiger partial charge in [0, 0.05) is 25.1 Å². The van der Waals surface area contributed by atoms with Crippen LogP contribution in [0.15, 0.2) is 30.3 Å². The summed E-state index contributed by atoms with van der Waals surface area (Å²) < 4.78 is 27.5. The first-order valence-corrected chi connectivity index (χ1v) is 5.62. The third kappa shape index (κ3) is 2.85. The second-order valence-corrected chi connectivity index (χ2v) is 4.53. The van der Waals surface area contributed by atoms with Gasteiger partial charge in [-0.2, -0.15) is 5.10 Å². The lowest BCUT2D eigenvalue weighted by Crippen LogP contribution is -2.13. The largest absolute Gasteiger partial charge is 0.384 e. The van der Waals surface area contributed by atoms with Gasteiger partial charge in [-0.15, -0.1) is 0 Å². The topological polar surface area (TPSA) is 43.8 Å². The second kappa shape index (κ2) is 4.40. The predicted octanol–water partition coefficient (Wildman–Crippen LogP) is 2.87. The number of nitrogen functional groups attached to an aromatic ring is 1. The van der Waals surface area contributed by atoms with Crippen LogP contribution in [0, 0.1) is 0 Å². The van der Waals surface area contributed by atoms with Crippen LogP contribution in [0.1, 0.15) is 12.5 Å². The minimum Gasteiger partial charge on any atom is -0.384 e. The highest BCUT2D eigenvalue weighted by Crippen LogP contribution is 2.24. The number of aryl methyl sites for hydroxylation is 1. The maximum absolute atomic E-state index is 13.0. The van der Waals surface area contributed by atoms with E-state index >= 15 is 0 Å². The molecule has 2 N–H and O–H groups in total. The molecule has 0 aliphatic heterocycles. The van der Waals surface area contributed by atoms with Gasteiger partial charge >= 0.3 is 0 Å². The molecule has 1 aromatic heterocycles. The van der Waals surface area contributed by atoms with E-state index < -0.39 is 5.92 Å². The number of nitrogens with zero attached hydrogens (tertiary/aromatic N) is 2. The summed E-state index contributed by atoms with van der Waals surface area (Å²) in [6, 6.07) is 8.72. The van der Waals surface area contributed by atoms with Crippen molar-refractivity contribution in [1.82, 2.24) is 9.78 Å². The van der Waals surface area contributed by atoms with Crippen LogP contribution >= 0.6 is 0 Å². The van der Waals surface area contributed by atoms with E-state index in [1.54, 1.807) is 36.0 Å². The summed E-state index contributed by atoms with van der Waals surface area (Å²) in [5, 5.41) is 4.22. The van der Waals surface area contributed by atoms with Crippen LogP contribution in [-0.2, 0) is 13.5 Å². The molecular weight excluding hydrogens is 236 g/mol. The monoisotopic (exact) mass is 251 g/mol. The molecule has 1 heterocycles. The standard InChI is InChI=1S/C13H15F2N3/c1-13(14,15)8-9-4-3-5-10(6-9)11-7-12(16)18(2)17-11/h3-7H,8,16H2,1-2H3. The molecule has 0 spiro atoms. The first-order chi connectivity index (χ1) is 8.35. The molecule has 1 aromatic carbocycles. The molecule has 0 saturated heterocycles. The molecule has 0 amide bonds. The molecule has 0 radical (unpaired) electrons. The number of benzene rings is 1. The van der Waals surface area contributed by atoms with E-state index in [4.69, 9.17) is 5.73 Å². The van der Waals surface area contributed by atoms with E-state index in [0.29, 0.717) is 17.1 Å². The first kappa shape index (κ1) is 12.5. The number of hydrogen-bond donors (Lipinski definition) is 1. The SMILES string of the molecule is Cn1nc(-c2cccc(CC(C)(F)F)c2)cc1N. The first-order valence-electron chi connectivity index (χ1n) is 5.62. The van der Waals surface area contributed by atoms with Crippen molar-refractivity contribution in [2.24, 2.45) is 7.05 Å². The lowest BCUT2D eigenvalue weighted by molar-refractivity contribution is 0.0226. The van der Waals surface area contributed by atoms with Gasteiger partial charge in [0.1, 0.15) is 5.82 Å². The van der Waals surface area contributed by atoms with Crippen LogP contribution in [0.25, 0.3) is 11.3 Å². The third-order valence-corrected chi connectivity index (χ3v) is 2.65. The Labute approximate surface area is 104 Å².